The molecular weight excluding hydrogens is 262 g/mol. The molecule has 98 valence electrons. The highest BCUT2D eigenvalue weighted by molar-refractivity contribution is 7.99. The number of nitrogens with zero attached hydrogens (tertiary/aromatic N) is 2. The van der Waals surface area contributed by atoms with E-state index in [1.54, 1.807) is 6.26 Å². The van der Waals surface area contributed by atoms with Gasteiger partial charge < -0.3 is 9.73 Å². The second-order valence-corrected chi connectivity index (χ2v) is 5.36. The van der Waals surface area contributed by atoms with Crippen molar-refractivity contribution in [3.05, 3.63) is 30.5 Å². The van der Waals surface area contributed by atoms with E-state index < -0.39 is 0 Å². The summed E-state index contributed by atoms with van der Waals surface area (Å²) in [6.45, 7) is 0. The maximum atomic E-state index is 11.5. The van der Waals surface area contributed by atoms with Gasteiger partial charge in [-0.05, 0) is 37.1 Å². The lowest BCUT2D eigenvalue weighted by molar-refractivity contribution is -0.118. The number of nitrogens with one attached hydrogen (secondary N) is 1. The third-order valence-corrected chi connectivity index (χ3v) is 3.63. The molecule has 1 saturated carbocycles. The minimum absolute atomic E-state index is 0.0596. The zero-order valence-electron chi connectivity index (χ0n) is 10.2. The fourth-order valence-corrected chi connectivity index (χ4v) is 2.21. The number of carbonyl (C=O) groups excluding carboxylic acids is 1. The van der Waals surface area contributed by atoms with Crippen LogP contribution in [-0.2, 0) is 4.79 Å². The molecule has 1 aliphatic carbocycles. The van der Waals surface area contributed by atoms with Crippen LogP contribution < -0.4 is 5.32 Å². The number of rotatable bonds is 5. The van der Waals surface area contributed by atoms with Crippen molar-refractivity contribution in [3.63, 3.8) is 0 Å². The number of hydrogen-bond acceptors (Lipinski definition) is 5. The molecule has 2 aromatic heterocycles. The van der Waals surface area contributed by atoms with Gasteiger partial charge in [-0.3, -0.25) is 4.79 Å². The molecule has 6 heteroatoms. The summed E-state index contributed by atoms with van der Waals surface area (Å²) in [6, 6.07) is 7.73. The number of thioether (sulfide) groups is 1. The first kappa shape index (κ1) is 12.2. The first-order valence-electron chi connectivity index (χ1n) is 6.11. The number of amides is 1. The van der Waals surface area contributed by atoms with E-state index in [4.69, 9.17) is 4.42 Å². The molecule has 5 nitrogen and oxygen atoms in total. The van der Waals surface area contributed by atoms with E-state index in [2.05, 4.69) is 15.5 Å². The Hall–Kier alpha value is -1.82. The number of furan rings is 1. The summed E-state index contributed by atoms with van der Waals surface area (Å²) in [5.41, 5.74) is 0.691. The van der Waals surface area contributed by atoms with E-state index in [-0.39, 0.29) is 5.91 Å². The molecule has 0 aliphatic heterocycles. The third-order valence-electron chi connectivity index (χ3n) is 2.71. The summed E-state index contributed by atoms with van der Waals surface area (Å²) in [4.78, 5) is 11.5. The maximum absolute atomic E-state index is 11.5. The summed E-state index contributed by atoms with van der Waals surface area (Å²) in [5.74, 6) is 1.13. The molecule has 0 bridgehead atoms. The van der Waals surface area contributed by atoms with Gasteiger partial charge in [-0.1, -0.05) is 11.8 Å². The van der Waals surface area contributed by atoms with Gasteiger partial charge in [0.05, 0.1) is 12.0 Å². The average molecular weight is 275 g/mol. The molecule has 0 aromatic carbocycles. The first-order valence-corrected chi connectivity index (χ1v) is 7.09. The monoisotopic (exact) mass is 275 g/mol. The molecule has 1 fully saturated rings. The van der Waals surface area contributed by atoms with Gasteiger partial charge in [0.15, 0.2) is 5.76 Å². The van der Waals surface area contributed by atoms with Crippen molar-refractivity contribution in [3.8, 4) is 11.5 Å². The van der Waals surface area contributed by atoms with Crippen molar-refractivity contribution in [2.75, 3.05) is 5.75 Å². The van der Waals surface area contributed by atoms with E-state index in [9.17, 15) is 4.79 Å². The zero-order chi connectivity index (χ0) is 13.1. The SMILES string of the molecule is O=C(CSc1ccc(-c2ccco2)nn1)NC1CC1. The number of carbonyl (C=O) groups is 1. The van der Waals surface area contributed by atoms with Crippen molar-refractivity contribution in [1.29, 1.82) is 0 Å². The van der Waals surface area contributed by atoms with E-state index in [0.717, 1.165) is 17.9 Å². The lowest BCUT2D eigenvalue weighted by atomic mass is 10.3. The predicted molar refractivity (Wildman–Crippen MR) is 71.6 cm³/mol. The van der Waals surface area contributed by atoms with Gasteiger partial charge >= 0.3 is 0 Å². The molecule has 0 atom stereocenters. The summed E-state index contributed by atoms with van der Waals surface area (Å²) >= 11 is 1.39. The highest BCUT2D eigenvalue weighted by Crippen LogP contribution is 2.21. The van der Waals surface area contributed by atoms with Gasteiger partial charge in [0.2, 0.25) is 5.91 Å². The molecule has 0 saturated heterocycles. The van der Waals surface area contributed by atoms with Gasteiger partial charge in [0.1, 0.15) is 10.7 Å². The van der Waals surface area contributed by atoms with E-state index in [1.165, 1.54) is 11.8 Å². The average Bonchev–Trinajstić information content (AvgIpc) is 3.07. The second-order valence-electron chi connectivity index (χ2n) is 4.36. The Morgan fingerprint density at radius 2 is 2.26 bits per heavy atom. The maximum Gasteiger partial charge on any atom is 0.230 e. The standard InChI is InChI=1S/C13H13N3O2S/c17-12(14-9-3-4-9)8-19-13-6-5-10(15-16-13)11-2-1-7-18-11/h1-2,5-7,9H,3-4,8H2,(H,14,17). The van der Waals surface area contributed by atoms with Crippen molar-refractivity contribution >= 4 is 17.7 Å². The Labute approximate surface area is 114 Å². The molecule has 3 rings (SSSR count). The highest BCUT2D eigenvalue weighted by atomic mass is 32.2. The lowest BCUT2D eigenvalue weighted by Gasteiger charge is -2.02. The van der Waals surface area contributed by atoms with Crippen LogP contribution in [0.5, 0.6) is 0 Å². The molecule has 19 heavy (non-hydrogen) atoms. The van der Waals surface area contributed by atoms with Gasteiger partial charge in [-0.25, -0.2) is 0 Å². The predicted octanol–water partition coefficient (Wildman–Crippen LogP) is 2.11. The van der Waals surface area contributed by atoms with Gasteiger partial charge in [-0.15, -0.1) is 10.2 Å². The molecule has 1 amide bonds. The van der Waals surface area contributed by atoms with Crippen LogP contribution in [0.1, 0.15) is 12.8 Å². The Bertz CT molecular complexity index is 550. The lowest BCUT2D eigenvalue weighted by Crippen LogP contribution is -2.27. The summed E-state index contributed by atoms with van der Waals surface area (Å²) < 4.78 is 5.23. The van der Waals surface area contributed by atoms with Crippen LogP contribution in [-0.4, -0.2) is 27.9 Å². The van der Waals surface area contributed by atoms with Crippen molar-refractivity contribution in [1.82, 2.24) is 15.5 Å². The molecule has 1 N–H and O–H groups in total. The fraction of sp³-hybridized carbons (Fsp3) is 0.308. The topological polar surface area (TPSA) is 68.0 Å². The summed E-state index contributed by atoms with van der Waals surface area (Å²) in [7, 11) is 0. The van der Waals surface area contributed by atoms with Crippen LogP contribution in [0.15, 0.2) is 40.0 Å². The molecule has 0 radical (unpaired) electrons. The largest absolute Gasteiger partial charge is 0.463 e. The quantitative estimate of drug-likeness (QED) is 0.846. The fourth-order valence-electron chi connectivity index (χ4n) is 1.59. The summed E-state index contributed by atoms with van der Waals surface area (Å²) in [5, 5.41) is 11.8. The molecular formula is C13H13N3O2S. The summed E-state index contributed by atoms with van der Waals surface area (Å²) in [6.07, 6.45) is 3.81. The van der Waals surface area contributed by atoms with E-state index in [1.807, 2.05) is 24.3 Å². The van der Waals surface area contributed by atoms with Crippen LogP contribution in [0.25, 0.3) is 11.5 Å². The molecule has 2 aromatic rings. The van der Waals surface area contributed by atoms with Crippen LogP contribution in [0, 0.1) is 0 Å². The molecule has 1 aliphatic rings. The Morgan fingerprint density at radius 1 is 1.37 bits per heavy atom. The molecule has 0 unspecified atom stereocenters. The Kier molecular flexibility index (Phi) is 3.50. The van der Waals surface area contributed by atoms with Crippen molar-refractivity contribution in [2.45, 2.75) is 23.9 Å². The highest BCUT2D eigenvalue weighted by Gasteiger charge is 2.23. The minimum atomic E-state index is 0.0596. The minimum Gasteiger partial charge on any atom is -0.463 e. The van der Waals surface area contributed by atoms with Crippen LogP contribution >= 0.6 is 11.8 Å². The Morgan fingerprint density at radius 3 is 2.89 bits per heavy atom. The zero-order valence-corrected chi connectivity index (χ0v) is 11.0. The van der Waals surface area contributed by atoms with Crippen LogP contribution in [0.4, 0.5) is 0 Å². The second kappa shape index (κ2) is 5.44. The molecule has 2 heterocycles. The molecule has 0 spiro atoms. The smallest absolute Gasteiger partial charge is 0.230 e. The van der Waals surface area contributed by atoms with E-state index >= 15 is 0 Å². The Balaban J connectivity index is 1.55. The van der Waals surface area contributed by atoms with Gasteiger partial charge in [-0.2, -0.15) is 0 Å². The van der Waals surface area contributed by atoms with Crippen molar-refractivity contribution in [2.24, 2.45) is 0 Å². The first-order chi connectivity index (χ1) is 9.31. The van der Waals surface area contributed by atoms with Gasteiger partial charge in [0.25, 0.3) is 0 Å². The van der Waals surface area contributed by atoms with Crippen LogP contribution in [0.3, 0.4) is 0 Å². The van der Waals surface area contributed by atoms with Gasteiger partial charge in [0, 0.05) is 6.04 Å². The number of hydrogen-bond donors (Lipinski definition) is 1. The number of aromatic nitrogens is 2. The van der Waals surface area contributed by atoms with E-state index in [0.29, 0.717) is 23.2 Å². The third kappa shape index (κ3) is 3.35. The normalized spacial score (nSPS) is 14.3. The van der Waals surface area contributed by atoms with Crippen molar-refractivity contribution < 1.29 is 9.21 Å². The van der Waals surface area contributed by atoms with Crippen LogP contribution in [0.2, 0.25) is 0 Å².